The standard InChI is InChI=1S/C9H16N4O2S/c1-9(2,3)4-5-16-8-10-11-12-13(8)6-7(14)15/h4-6H2,1-3H3,(H,14,15). The Balaban J connectivity index is 2.48. The monoisotopic (exact) mass is 244 g/mol. The molecule has 1 aromatic heterocycles. The summed E-state index contributed by atoms with van der Waals surface area (Å²) in [6.07, 6.45) is 1.03. The van der Waals surface area contributed by atoms with Crippen LogP contribution in [0.5, 0.6) is 0 Å². The molecular formula is C9H16N4O2S. The fourth-order valence-corrected chi connectivity index (χ4v) is 2.22. The molecule has 0 amide bonds. The first-order chi connectivity index (χ1) is 7.38. The summed E-state index contributed by atoms with van der Waals surface area (Å²) >= 11 is 1.49. The second-order valence-corrected chi connectivity index (χ2v) is 5.73. The molecule has 0 bridgehead atoms. The first-order valence-electron chi connectivity index (χ1n) is 4.99. The minimum atomic E-state index is -0.940. The van der Waals surface area contributed by atoms with E-state index < -0.39 is 5.97 Å². The summed E-state index contributed by atoms with van der Waals surface area (Å²) in [4.78, 5) is 10.5. The van der Waals surface area contributed by atoms with Gasteiger partial charge in [-0.25, -0.2) is 4.68 Å². The van der Waals surface area contributed by atoms with Gasteiger partial charge in [-0.05, 0) is 22.3 Å². The first-order valence-corrected chi connectivity index (χ1v) is 5.98. The Kier molecular flexibility index (Phi) is 4.28. The molecule has 1 aromatic rings. The van der Waals surface area contributed by atoms with Crippen molar-refractivity contribution < 1.29 is 9.90 Å². The molecule has 0 atom stereocenters. The number of nitrogens with zero attached hydrogens (tertiary/aromatic N) is 4. The summed E-state index contributed by atoms with van der Waals surface area (Å²) in [7, 11) is 0. The summed E-state index contributed by atoms with van der Waals surface area (Å²) < 4.78 is 1.30. The van der Waals surface area contributed by atoms with E-state index in [2.05, 4.69) is 36.3 Å². The quantitative estimate of drug-likeness (QED) is 0.786. The molecule has 1 heterocycles. The molecule has 0 saturated carbocycles. The van der Waals surface area contributed by atoms with Crippen LogP contribution in [-0.4, -0.2) is 37.0 Å². The third-order valence-corrected chi connectivity index (χ3v) is 2.83. The van der Waals surface area contributed by atoms with Gasteiger partial charge in [-0.3, -0.25) is 4.79 Å². The van der Waals surface area contributed by atoms with Crippen LogP contribution in [-0.2, 0) is 11.3 Å². The van der Waals surface area contributed by atoms with E-state index in [4.69, 9.17) is 5.11 Å². The third-order valence-electron chi connectivity index (χ3n) is 1.87. The van der Waals surface area contributed by atoms with Gasteiger partial charge in [0.25, 0.3) is 0 Å². The van der Waals surface area contributed by atoms with Crippen LogP contribution in [0.4, 0.5) is 0 Å². The second-order valence-electron chi connectivity index (χ2n) is 4.67. The number of hydrogen-bond donors (Lipinski definition) is 1. The topological polar surface area (TPSA) is 80.9 Å². The lowest BCUT2D eigenvalue weighted by Crippen LogP contribution is -2.12. The van der Waals surface area contributed by atoms with Gasteiger partial charge in [0.15, 0.2) is 0 Å². The Hall–Kier alpha value is -1.11. The highest BCUT2D eigenvalue weighted by Gasteiger charge is 2.13. The van der Waals surface area contributed by atoms with E-state index in [1.54, 1.807) is 0 Å². The fraction of sp³-hybridized carbons (Fsp3) is 0.778. The normalized spacial score (nSPS) is 11.7. The van der Waals surface area contributed by atoms with Crippen molar-refractivity contribution in [3.05, 3.63) is 0 Å². The van der Waals surface area contributed by atoms with Gasteiger partial charge in [0, 0.05) is 5.75 Å². The molecule has 0 aliphatic rings. The number of tetrazole rings is 1. The fourth-order valence-electron chi connectivity index (χ4n) is 0.976. The molecule has 0 aliphatic carbocycles. The molecule has 0 unspecified atom stereocenters. The number of thioether (sulfide) groups is 1. The smallest absolute Gasteiger partial charge is 0.325 e. The van der Waals surface area contributed by atoms with Gasteiger partial charge in [-0.2, -0.15) is 0 Å². The van der Waals surface area contributed by atoms with E-state index in [0.29, 0.717) is 5.16 Å². The number of carboxylic acids is 1. The van der Waals surface area contributed by atoms with Crippen LogP contribution in [0.3, 0.4) is 0 Å². The van der Waals surface area contributed by atoms with Gasteiger partial charge in [-0.15, -0.1) is 5.10 Å². The van der Waals surface area contributed by atoms with Gasteiger partial charge >= 0.3 is 5.97 Å². The Morgan fingerprint density at radius 1 is 1.50 bits per heavy atom. The number of rotatable bonds is 5. The lowest BCUT2D eigenvalue weighted by Gasteiger charge is -2.16. The number of carbonyl (C=O) groups is 1. The Morgan fingerprint density at radius 2 is 2.19 bits per heavy atom. The van der Waals surface area contributed by atoms with E-state index in [1.165, 1.54) is 16.4 Å². The maximum Gasteiger partial charge on any atom is 0.325 e. The van der Waals surface area contributed by atoms with Crippen molar-refractivity contribution in [1.82, 2.24) is 20.2 Å². The predicted octanol–water partition coefficient (Wildman–Crippen LogP) is 1.29. The zero-order valence-electron chi connectivity index (χ0n) is 9.67. The van der Waals surface area contributed by atoms with E-state index in [9.17, 15) is 4.79 Å². The van der Waals surface area contributed by atoms with Crippen LogP contribution in [0.15, 0.2) is 5.16 Å². The highest BCUT2D eigenvalue weighted by molar-refractivity contribution is 7.99. The van der Waals surface area contributed by atoms with Crippen molar-refractivity contribution in [1.29, 1.82) is 0 Å². The van der Waals surface area contributed by atoms with Crippen LogP contribution < -0.4 is 0 Å². The first kappa shape index (κ1) is 13.0. The van der Waals surface area contributed by atoms with Crippen LogP contribution in [0, 0.1) is 5.41 Å². The van der Waals surface area contributed by atoms with Crippen molar-refractivity contribution in [3.8, 4) is 0 Å². The lowest BCUT2D eigenvalue weighted by atomic mass is 9.94. The summed E-state index contributed by atoms with van der Waals surface area (Å²) in [5.74, 6) is -0.0614. The number of aliphatic carboxylic acids is 1. The van der Waals surface area contributed by atoms with Crippen molar-refractivity contribution in [2.75, 3.05) is 5.75 Å². The summed E-state index contributed by atoms with van der Waals surface area (Å²) in [5, 5.41) is 20.1. The van der Waals surface area contributed by atoms with Crippen LogP contribution in [0.25, 0.3) is 0 Å². The van der Waals surface area contributed by atoms with Gasteiger partial charge in [-0.1, -0.05) is 32.5 Å². The molecule has 0 fully saturated rings. The molecule has 7 heteroatoms. The molecule has 0 spiro atoms. The highest BCUT2D eigenvalue weighted by Crippen LogP contribution is 2.24. The number of hydrogen-bond acceptors (Lipinski definition) is 5. The molecule has 16 heavy (non-hydrogen) atoms. The van der Waals surface area contributed by atoms with Gasteiger partial charge in [0.2, 0.25) is 5.16 Å². The zero-order valence-corrected chi connectivity index (χ0v) is 10.5. The maximum atomic E-state index is 10.5. The van der Waals surface area contributed by atoms with E-state index in [1.807, 2.05) is 0 Å². The Labute approximate surface area is 98.4 Å². The maximum absolute atomic E-state index is 10.5. The minimum absolute atomic E-state index is 0.190. The Morgan fingerprint density at radius 3 is 2.75 bits per heavy atom. The average molecular weight is 244 g/mol. The zero-order chi connectivity index (χ0) is 12.2. The highest BCUT2D eigenvalue weighted by atomic mass is 32.2. The minimum Gasteiger partial charge on any atom is -0.480 e. The van der Waals surface area contributed by atoms with Gasteiger partial charge in [0.1, 0.15) is 6.54 Å². The SMILES string of the molecule is CC(C)(C)CCSc1nnnn1CC(=O)O. The molecular weight excluding hydrogens is 228 g/mol. The number of carboxylic acid groups (broad SMARTS) is 1. The summed E-state index contributed by atoms with van der Waals surface area (Å²) in [5.41, 5.74) is 0.262. The van der Waals surface area contributed by atoms with Crippen molar-refractivity contribution in [2.24, 2.45) is 5.41 Å². The lowest BCUT2D eigenvalue weighted by molar-refractivity contribution is -0.138. The molecule has 0 aromatic carbocycles. The second kappa shape index (κ2) is 5.29. The van der Waals surface area contributed by atoms with Crippen molar-refractivity contribution in [3.63, 3.8) is 0 Å². The van der Waals surface area contributed by atoms with E-state index in [-0.39, 0.29) is 12.0 Å². The van der Waals surface area contributed by atoms with Gasteiger partial charge in [0.05, 0.1) is 0 Å². The Bertz CT molecular complexity index is 359. The predicted molar refractivity (Wildman–Crippen MR) is 60.2 cm³/mol. The molecule has 0 saturated heterocycles. The molecule has 6 nitrogen and oxygen atoms in total. The summed E-state index contributed by atoms with van der Waals surface area (Å²) in [6.45, 7) is 6.29. The van der Waals surface area contributed by atoms with Crippen molar-refractivity contribution in [2.45, 2.75) is 38.9 Å². The number of aromatic nitrogens is 4. The van der Waals surface area contributed by atoms with E-state index >= 15 is 0 Å². The summed E-state index contributed by atoms with van der Waals surface area (Å²) in [6, 6.07) is 0. The molecule has 1 rings (SSSR count). The van der Waals surface area contributed by atoms with Crippen LogP contribution in [0.1, 0.15) is 27.2 Å². The molecule has 1 N–H and O–H groups in total. The molecule has 0 aliphatic heterocycles. The largest absolute Gasteiger partial charge is 0.480 e. The van der Waals surface area contributed by atoms with E-state index in [0.717, 1.165) is 12.2 Å². The van der Waals surface area contributed by atoms with Crippen LogP contribution >= 0.6 is 11.8 Å². The molecule has 90 valence electrons. The third kappa shape index (κ3) is 4.61. The van der Waals surface area contributed by atoms with Crippen molar-refractivity contribution >= 4 is 17.7 Å². The van der Waals surface area contributed by atoms with Crippen LogP contribution in [0.2, 0.25) is 0 Å². The average Bonchev–Trinajstić information content (AvgIpc) is 2.49. The van der Waals surface area contributed by atoms with Gasteiger partial charge < -0.3 is 5.11 Å². The molecule has 0 radical (unpaired) electrons.